The predicted molar refractivity (Wildman–Crippen MR) is 101 cm³/mol. The van der Waals surface area contributed by atoms with Crippen LogP contribution in [0.2, 0.25) is 0 Å². The van der Waals surface area contributed by atoms with Gasteiger partial charge < -0.3 is 14.7 Å². The van der Waals surface area contributed by atoms with Gasteiger partial charge >= 0.3 is 0 Å². The maximum Gasteiger partial charge on any atom is 0.194 e. The van der Waals surface area contributed by atoms with Crippen LogP contribution in [0.4, 0.5) is 0 Å². The molecule has 1 N–H and O–H groups in total. The van der Waals surface area contributed by atoms with E-state index in [4.69, 9.17) is 9.62 Å². The summed E-state index contributed by atoms with van der Waals surface area (Å²) in [5.74, 6) is 0.791. The highest BCUT2D eigenvalue weighted by molar-refractivity contribution is 5.79. The molecule has 136 valence electrons. The average Bonchev–Trinajstić information content (AvgIpc) is 3.25. The first kappa shape index (κ1) is 17.7. The summed E-state index contributed by atoms with van der Waals surface area (Å²) < 4.78 is 6.87. The van der Waals surface area contributed by atoms with Gasteiger partial charge in [0.1, 0.15) is 12.0 Å². The molecule has 0 amide bonds. The van der Waals surface area contributed by atoms with Crippen molar-refractivity contribution in [2.75, 3.05) is 14.1 Å². The van der Waals surface area contributed by atoms with Crippen LogP contribution in [0.25, 0.3) is 5.69 Å². The molecule has 0 spiro atoms. The van der Waals surface area contributed by atoms with Gasteiger partial charge in [0.15, 0.2) is 5.96 Å². The number of rotatable bonds is 5. The van der Waals surface area contributed by atoms with Crippen molar-refractivity contribution in [2.45, 2.75) is 26.9 Å². The van der Waals surface area contributed by atoms with Crippen LogP contribution in [0.3, 0.4) is 0 Å². The predicted octanol–water partition coefficient (Wildman–Crippen LogP) is 2.68. The van der Waals surface area contributed by atoms with Gasteiger partial charge in [-0.3, -0.25) is 4.99 Å². The molecule has 0 aliphatic heterocycles. The quantitative estimate of drug-likeness (QED) is 0.565. The molecule has 7 heteroatoms. The third-order valence-electron chi connectivity index (χ3n) is 4.33. The Morgan fingerprint density at radius 3 is 2.65 bits per heavy atom. The molecule has 1 aromatic carbocycles. The second kappa shape index (κ2) is 7.86. The highest BCUT2D eigenvalue weighted by atomic mass is 16.5. The zero-order valence-electron chi connectivity index (χ0n) is 15.6. The second-order valence-corrected chi connectivity index (χ2v) is 6.14. The Hall–Kier alpha value is -3.09. The van der Waals surface area contributed by atoms with Crippen molar-refractivity contribution in [1.82, 2.24) is 25.2 Å². The normalized spacial score (nSPS) is 11.6. The molecular formula is C19H24N6O. The van der Waals surface area contributed by atoms with Gasteiger partial charge in [-0.05, 0) is 26.0 Å². The summed E-state index contributed by atoms with van der Waals surface area (Å²) in [6.07, 6.45) is 1.57. The molecule has 0 bridgehead atoms. The fraction of sp³-hybridized carbons (Fsp3) is 0.316. The van der Waals surface area contributed by atoms with Crippen LogP contribution >= 0.6 is 0 Å². The fourth-order valence-electron chi connectivity index (χ4n) is 2.94. The van der Waals surface area contributed by atoms with Gasteiger partial charge in [0, 0.05) is 38.0 Å². The number of aromatic nitrogens is 3. The first-order chi connectivity index (χ1) is 12.6. The number of aliphatic imine (C=N–C) groups is 1. The fourth-order valence-corrected chi connectivity index (χ4v) is 2.94. The van der Waals surface area contributed by atoms with Crippen LogP contribution in [-0.2, 0) is 13.1 Å². The SMILES string of the molecule is CN=C(NCc1c(C)nn(-c2ccccc2)c1C)N(C)Cc1ccon1. The van der Waals surface area contributed by atoms with E-state index in [0.29, 0.717) is 13.1 Å². The minimum absolute atomic E-state index is 0.622. The van der Waals surface area contributed by atoms with Crippen LogP contribution in [0.1, 0.15) is 22.6 Å². The van der Waals surface area contributed by atoms with E-state index in [-0.39, 0.29) is 0 Å². The molecule has 0 unspecified atom stereocenters. The van der Waals surface area contributed by atoms with E-state index in [1.54, 1.807) is 13.3 Å². The van der Waals surface area contributed by atoms with E-state index >= 15 is 0 Å². The molecule has 2 aromatic heterocycles. The van der Waals surface area contributed by atoms with Crippen molar-refractivity contribution in [1.29, 1.82) is 0 Å². The monoisotopic (exact) mass is 352 g/mol. The zero-order chi connectivity index (χ0) is 18.5. The second-order valence-electron chi connectivity index (χ2n) is 6.14. The summed E-state index contributed by atoms with van der Waals surface area (Å²) in [6.45, 7) is 5.40. The number of aryl methyl sites for hydroxylation is 1. The molecule has 0 saturated heterocycles. The lowest BCUT2D eigenvalue weighted by Crippen LogP contribution is -2.38. The molecule has 0 aliphatic rings. The zero-order valence-corrected chi connectivity index (χ0v) is 15.6. The molecule has 2 heterocycles. The first-order valence-electron chi connectivity index (χ1n) is 8.51. The van der Waals surface area contributed by atoms with Crippen molar-refractivity contribution in [2.24, 2.45) is 4.99 Å². The number of hydrogen-bond donors (Lipinski definition) is 1. The highest BCUT2D eigenvalue weighted by Gasteiger charge is 2.14. The Kier molecular flexibility index (Phi) is 5.36. The standard InChI is InChI=1S/C19H24N6O/c1-14-18(15(2)25(22-14)17-8-6-5-7-9-17)12-21-19(20-3)24(4)13-16-10-11-26-23-16/h5-11H,12-13H2,1-4H3,(H,20,21). The molecule has 0 saturated carbocycles. The molecule has 0 atom stereocenters. The number of guanidine groups is 1. The molecule has 7 nitrogen and oxygen atoms in total. The number of nitrogens with zero attached hydrogens (tertiary/aromatic N) is 5. The minimum Gasteiger partial charge on any atom is -0.364 e. The van der Waals surface area contributed by atoms with Gasteiger partial charge in [0.05, 0.1) is 17.9 Å². The molecule has 3 aromatic rings. The Labute approximate surface area is 153 Å². The molecule has 26 heavy (non-hydrogen) atoms. The maximum atomic E-state index is 4.89. The van der Waals surface area contributed by atoms with Crippen LogP contribution in [0.15, 0.2) is 52.2 Å². The molecular weight excluding hydrogens is 328 g/mol. The van der Waals surface area contributed by atoms with Crippen LogP contribution in [-0.4, -0.2) is 39.9 Å². The number of para-hydroxylation sites is 1. The van der Waals surface area contributed by atoms with Crippen molar-refractivity contribution in [3.05, 3.63) is 65.3 Å². The topological polar surface area (TPSA) is 71.5 Å². The van der Waals surface area contributed by atoms with E-state index in [9.17, 15) is 0 Å². The van der Waals surface area contributed by atoms with Gasteiger partial charge in [-0.15, -0.1) is 0 Å². The van der Waals surface area contributed by atoms with E-state index in [1.807, 2.05) is 47.8 Å². The lowest BCUT2D eigenvalue weighted by atomic mass is 10.2. The Balaban J connectivity index is 1.71. The summed E-state index contributed by atoms with van der Waals surface area (Å²) in [5.41, 5.74) is 5.22. The van der Waals surface area contributed by atoms with Gasteiger partial charge in [-0.25, -0.2) is 4.68 Å². The largest absolute Gasteiger partial charge is 0.364 e. The van der Waals surface area contributed by atoms with E-state index in [0.717, 1.165) is 28.7 Å². The third kappa shape index (κ3) is 3.77. The summed E-state index contributed by atoms with van der Waals surface area (Å²) >= 11 is 0. The lowest BCUT2D eigenvalue weighted by molar-refractivity contribution is 0.391. The van der Waals surface area contributed by atoms with Crippen LogP contribution in [0, 0.1) is 13.8 Å². The first-order valence-corrected chi connectivity index (χ1v) is 8.51. The summed E-state index contributed by atoms with van der Waals surface area (Å²) in [7, 11) is 3.74. The van der Waals surface area contributed by atoms with E-state index in [1.165, 1.54) is 5.56 Å². The third-order valence-corrected chi connectivity index (χ3v) is 4.33. The Morgan fingerprint density at radius 2 is 2.00 bits per heavy atom. The number of benzene rings is 1. The number of nitrogens with one attached hydrogen (secondary N) is 1. The molecule has 0 fully saturated rings. The maximum absolute atomic E-state index is 4.89. The Bertz CT molecular complexity index is 867. The summed E-state index contributed by atoms with van der Waals surface area (Å²) in [5, 5.41) is 12.0. The van der Waals surface area contributed by atoms with Gasteiger partial charge in [0.2, 0.25) is 0 Å². The lowest BCUT2D eigenvalue weighted by Gasteiger charge is -2.21. The van der Waals surface area contributed by atoms with Crippen LogP contribution < -0.4 is 5.32 Å². The molecule has 0 radical (unpaired) electrons. The number of hydrogen-bond acceptors (Lipinski definition) is 4. The van der Waals surface area contributed by atoms with Crippen molar-refractivity contribution < 1.29 is 4.52 Å². The van der Waals surface area contributed by atoms with E-state index in [2.05, 4.69) is 34.5 Å². The van der Waals surface area contributed by atoms with Crippen molar-refractivity contribution >= 4 is 5.96 Å². The minimum atomic E-state index is 0.622. The smallest absolute Gasteiger partial charge is 0.194 e. The van der Waals surface area contributed by atoms with Crippen molar-refractivity contribution in [3.8, 4) is 5.69 Å². The average molecular weight is 352 g/mol. The molecule has 0 aliphatic carbocycles. The van der Waals surface area contributed by atoms with Gasteiger partial charge in [0.25, 0.3) is 0 Å². The Morgan fingerprint density at radius 1 is 1.23 bits per heavy atom. The summed E-state index contributed by atoms with van der Waals surface area (Å²) in [4.78, 5) is 6.36. The summed E-state index contributed by atoms with van der Waals surface area (Å²) in [6, 6.07) is 12.0. The van der Waals surface area contributed by atoms with Crippen molar-refractivity contribution in [3.63, 3.8) is 0 Å². The van der Waals surface area contributed by atoms with Gasteiger partial charge in [-0.1, -0.05) is 23.4 Å². The molecule has 3 rings (SSSR count). The van der Waals surface area contributed by atoms with Gasteiger partial charge in [-0.2, -0.15) is 5.10 Å². The van der Waals surface area contributed by atoms with Crippen LogP contribution in [0.5, 0.6) is 0 Å². The van der Waals surface area contributed by atoms with E-state index < -0.39 is 0 Å². The highest BCUT2D eigenvalue weighted by Crippen LogP contribution is 2.17.